The average Bonchev–Trinajstić information content (AvgIpc) is 2.39. The van der Waals surface area contributed by atoms with Crippen molar-refractivity contribution >= 4 is 11.4 Å². The van der Waals surface area contributed by atoms with Crippen molar-refractivity contribution in [3.8, 4) is 5.75 Å². The molecule has 0 spiro atoms. The fourth-order valence-corrected chi connectivity index (χ4v) is 2.33. The first-order valence-corrected chi connectivity index (χ1v) is 7.72. The second-order valence-electron chi connectivity index (χ2n) is 7.82. The second kappa shape index (κ2) is 5.68. The van der Waals surface area contributed by atoms with E-state index >= 15 is 0 Å². The summed E-state index contributed by atoms with van der Waals surface area (Å²) >= 11 is 0. The van der Waals surface area contributed by atoms with Gasteiger partial charge in [0, 0.05) is 5.56 Å². The number of para-hydroxylation sites is 1. The Hall–Kier alpha value is -1.96. The molecule has 0 amide bonds. The summed E-state index contributed by atoms with van der Waals surface area (Å²) in [7, 11) is 0. The van der Waals surface area contributed by atoms with Crippen LogP contribution in [0.1, 0.15) is 52.7 Å². The van der Waals surface area contributed by atoms with Gasteiger partial charge in [-0.3, -0.25) is 5.11 Å². The van der Waals surface area contributed by atoms with Crippen molar-refractivity contribution in [1.29, 1.82) is 0 Å². The monoisotopic (exact) mass is 295 g/mol. The highest BCUT2D eigenvalue weighted by Crippen LogP contribution is 2.46. The first-order chi connectivity index (χ1) is 10.1. The highest BCUT2D eigenvalue weighted by atomic mass is 16.3. The summed E-state index contributed by atoms with van der Waals surface area (Å²) in [5, 5.41) is 17.4. The molecule has 0 bridgehead atoms. The van der Waals surface area contributed by atoms with Crippen LogP contribution in [0.3, 0.4) is 0 Å². The van der Waals surface area contributed by atoms with Crippen LogP contribution in [0.15, 0.2) is 42.5 Å². The van der Waals surface area contributed by atoms with E-state index in [4.69, 9.17) is 0 Å². The van der Waals surface area contributed by atoms with Gasteiger partial charge in [0.1, 0.15) is 0 Å². The lowest BCUT2D eigenvalue weighted by Crippen LogP contribution is -2.16. The van der Waals surface area contributed by atoms with Crippen molar-refractivity contribution in [2.24, 2.45) is 0 Å². The molecule has 0 N–H and O–H groups in total. The van der Waals surface area contributed by atoms with Crippen LogP contribution in [-0.4, -0.2) is 0 Å². The molecule has 0 unspecified atom stereocenters. The number of hydrogen-bond donors (Lipinski definition) is 0. The first-order valence-electron chi connectivity index (χ1n) is 7.72. The normalized spacial score (nSPS) is 12.3. The van der Waals surface area contributed by atoms with Crippen LogP contribution in [0.2, 0.25) is 0 Å². The molecule has 0 aromatic heterocycles. The molecular formula is C20H25NO-. The van der Waals surface area contributed by atoms with Gasteiger partial charge < -0.3 is 5.32 Å². The lowest BCUT2D eigenvalue weighted by atomic mass is 9.79. The summed E-state index contributed by atoms with van der Waals surface area (Å²) in [6.45, 7) is 12.7. The quantitative estimate of drug-likeness (QED) is 0.586. The molecule has 22 heavy (non-hydrogen) atoms. The van der Waals surface area contributed by atoms with Crippen LogP contribution in [0, 0.1) is 0 Å². The third kappa shape index (κ3) is 3.62. The van der Waals surface area contributed by atoms with E-state index in [-0.39, 0.29) is 16.6 Å². The van der Waals surface area contributed by atoms with Crippen molar-refractivity contribution in [2.45, 2.75) is 52.4 Å². The lowest BCUT2D eigenvalue weighted by molar-refractivity contribution is 0.343. The maximum absolute atomic E-state index is 12.8. The van der Waals surface area contributed by atoms with Crippen molar-refractivity contribution in [2.75, 3.05) is 0 Å². The van der Waals surface area contributed by atoms with Crippen LogP contribution in [0.25, 0.3) is 5.32 Å². The minimum atomic E-state index is -0.195. The van der Waals surface area contributed by atoms with Crippen LogP contribution in [0.5, 0.6) is 5.75 Å². The molecule has 117 valence electrons. The van der Waals surface area contributed by atoms with Crippen molar-refractivity contribution < 1.29 is 5.11 Å². The van der Waals surface area contributed by atoms with E-state index in [1.165, 1.54) is 0 Å². The Morgan fingerprint density at radius 2 is 1.41 bits per heavy atom. The summed E-state index contributed by atoms with van der Waals surface area (Å²) in [5.41, 5.74) is 3.10. The predicted molar refractivity (Wildman–Crippen MR) is 93.1 cm³/mol. The third-order valence-corrected chi connectivity index (χ3v) is 3.75. The fraction of sp³-hybridized carbons (Fsp3) is 0.400. The van der Waals surface area contributed by atoms with Crippen LogP contribution >= 0.6 is 0 Å². The van der Waals surface area contributed by atoms with Gasteiger partial charge in [-0.05, 0) is 16.4 Å². The number of rotatable bonds is 2. The third-order valence-electron chi connectivity index (χ3n) is 3.75. The predicted octanol–water partition coefficient (Wildman–Crippen LogP) is 6.76. The maximum Gasteiger partial charge on any atom is 0.167 e. The molecule has 1 radical (unpaired) electrons. The summed E-state index contributed by atoms with van der Waals surface area (Å²) in [6.07, 6.45) is 0. The Labute approximate surface area is 134 Å². The molecule has 0 fully saturated rings. The van der Waals surface area contributed by atoms with Gasteiger partial charge in [-0.1, -0.05) is 89.7 Å². The molecule has 2 heteroatoms. The van der Waals surface area contributed by atoms with Crippen molar-refractivity contribution in [1.82, 2.24) is 0 Å². The van der Waals surface area contributed by atoms with Gasteiger partial charge in [0.25, 0.3) is 0 Å². The SMILES string of the molecule is CC(C)(C)c1cc([N-]c2ccccc2)c([O])c(C(C)(C)C)c1. The number of benzene rings is 2. The Kier molecular flexibility index (Phi) is 4.23. The van der Waals surface area contributed by atoms with Crippen LogP contribution in [-0.2, 0) is 15.9 Å². The molecule has 0 atom stereocenters. The van der Waals surface area contributed by atoms with Crippen LogP contribution in [0.4, 0.5) is 11.4 Å². The standard InChI is InChI=1S/C20H25NO/c1-19(2,3)14-12-16(20(4,5)6)18(22)17(13-14)21-15-10-8-7-9-11-15/h7-13H,1-6H3/q-1. The highest BCUT2D eigenvalue weighted by molar-refractivity contribution is 5.74. The minimum absolute atomic E-state index is 0.0192. The van der Waals surface area contributed by atoms with Crippen molar-refractivity contribution in [3.63, 3.8) is 0 Å². The van der Waals surface area contributed by atoms with E-state index in [1.54, 1.807) is 0 Å². The zero-order chi connectivity index (χ0) is 16.5. The average molecular weight is 295 g/mol. The molecule has 0 heterocycles. The van der Waals surface area contributed by atoms with Gasteiger partial charge in [-0.15, -0.1) is 5.69 Å². The molecule has 2 rings (SSSR count). The van der Waals surface area contributed by atoms with Gasteiger partial charge in [0.15, 0.2) is 5.75 Å². The minimum Gasteiger partial charge on any atom is -0.655 e. The molecule has 2 nitrogen and oxygen atoms in total. The smallest absolute Gasteiger partial charge is 0.167 e. The molecule has 0 saturated carbocycles. The first kappa shape index (κ1) is 16.4. The Balaban J connectivity index is 2.57. The largest absolute Gasteiger partial charge is 0.655 e. The topological polar surface area (TPSA) is 34.0 Å². The summed E-state index contributed by atoms with van der Waals surface area (Å²) in [4.78, 5) is 0. The van der Waals surface area contributed by atoms with Gasteiger partial charge in [-0.2, -0.15) is 0 Å². The summed E-state index contributed by atoms with van der Waals surface area (Å²) in [6, 6.07) is 13.6. The zero-order valence-electron chi connectivity index (χ0n) is 14.4. The maximum atomic E-state index is 12.8. The van der Waals surface area contributed by atoms with E-state index in [0.29, 0.717) is 5.69 Å². The molecule has 0 aliphatic carbocycles. The molecule has 0 aliphatic heterocycles. The van der Waals surface area contributed by atoms with E-state index in [2.05, 4.69) is 46.9 Å². The van der Waals surface area contributed by atoms with E-state index in [9.17, 15) is 5.11 Å². The number of nitrogens with zero attached hydrogens (tertiary/aromatic N) is 1. The Morgan fingerprint density at radius 1 is 0.818 bits per heavy atom. The van der Waals surface area contributed by atoms with Gasteiger partial charge in [-0.25, -0.2) is 0 Å². The Morgan fingerprint density at radius 3 is 1.91 bits per heavy atom. The molecule has 2 aromatic carbocycles. The van der Waals surface area contributed by atoms with Crippen molar-refractivity contribution in [3.05, 3.63) is 58.9 Å². The van der Waals surface area contributed by atoms with Gasteiger partial charge in [0.05, 0.1) is 0 Å². The fourth-order valence-electron chi connectivity index (χ4n) is 2.33. The highest BCUT2D eigenvalue weighted by Gasteiger charge is 2.23. The Bertz CT molecular complexity index is 646. The van der Waals surface area contributed by atoms with E-state index in [0.717, 1.165) is 16.8 Å². The van der Waals surface area contributed by atoms with Gasteiger partial charge >= 0.3 is 0 Å². The summed E-state index contributed by atoms with van der Waals surface area (Å²) < 4.78 is 0. The number of hydrogen-bond acceptors (Lipinski definition) is 0. The molecule has 0 aliphatic rings. The van der Waals surface area contributed by atoms with E-state index in [1.807, 2.05) is 42.5 Å². The second-order valence-corrected chi connectivity index (χ2v) is 7.82. The van der Waals surface area contributed by atoms with Crippen LogP contribution < -0.4 is 0 Å². The molecule has 0 saturated heterocycles. The van der Waals surface area contributed by atoms with E-state index < -0.39 is 0 Å². The molecular weight excluding hydrogens is 270 g/mol. The van der Waals surface area contributed by atoms with Gasteiger partial charge in [0.2, 0.25) is 0 Å². The molecule has 2 aromatic rings. The zero-order valence-corrected chi connectivity index (χ0v) is 14.4. The lowest BCUT2D eigenvalue weighted by Gasteiger charge is -2.31. The summed E-state index contributed by atoms with van der Waals surface area (Å²) in [5.74, 6) is 0.0318.